The van der Waals surface area contributed by atoms with E-state index in [0.717, 1.165) is 18.8 Å². The first-order valence-electron chi connectivity index (χ1n) is 5.98. The summed E-state index contributed by atoms with van der Waals surface area (Å²) in [6.07, 6.45) is 5.84. The van der Waals surface area contributed by atoms with Gasteiger partial charge in [0, 0.05) is 0 Å². The lowest BCUT2D eigenvalue weighted by Gasteiger charge is -2.54. The number of hydrogen-bond acceptors (Lipinski definition) is 2. The highest BCUT2D eigenvalue weighted by Crippen LogP contribution is 2.71. The molecule has 0 spiro atoms. The van der Waals surface area contributed by atoms with E-state index in [-0.39, 0.29) is 11.4 Å². The van der Waals surface area contributed by atoms with Gasteiger partial charge < -0.3 is 4.74 Å². The maximum absolute atomic E-state index is 12.0. The molecule has 0 radical (unpaired) electrons. The Morgan fingerprint density at radius 1 is 1.53 bits per heavy atom. The van der Waals surface area contributed by atoms with Crippen molar-refractivity contribution in [2.24, 2.45) is 23.2 Å². The van der Waals surface area contributed by atoms with Gasteiger partial charge in [-0.1, -0.05) is 18.6 Å². The second-order valence-corrected chi connectivity index (χ2v) is 5.37. The molecule has 0 heterocycles. The van der Waals surface area contributed by atoms with E-state index in [1.54, 1.807) is 0 Å². The minimum absolute atomic E-state index is 0.0364. The lowest BCUT2D eigenvalue weighted by molar-refractivity contribution is -0.177. The van der Waals surface area contributed by atoms with Crippen LogP contribution < -0.4 is 0 Å². The maximum Gasteiger partial charge on any atom is 0.312 e. The van der Waals surface area contributed by atoms with Gasteiger partial charge in [-0.2, -0.15) is 0 Å². The Labute approximate surface area is 90.7 Å². The molecule has 3 rings (SSSR count). The first kappa shape index (κ1) is 9.44. The molecule has 0 saturated heterocycles. The first-order valence-corrected chi connectivity index (χ1v) is 5.98. The number of carbonyl (C=O) groups excluding carboxylic acids is 1. The normalized spacial score (nSPS) is 47.0. The molecule has 3 fully saturated rings. The minimum Gasteiger partial charge on any atom is -0.469 e. The monoisotopic (exact) mass is 206 g/mol. The predicted octanol–water partition coefficient (Wildman–Crippen LogP) is 2.54. The van der Waals surface area contributed by atoms with E-state index in [1.807, 2.05) is 0 Å². The minimum atomic E-state index is -0.146. The summed E-state index contributed by atoms with van der Waals surface area (Å²) >= 11 is 0. The number of allylic oxidation sites excluding steroid dienone is 1. The standard InChI is InChI=1S/C13H18O2/c1-8-6-7-13(12(14)15-2)10-5-3-4-9(10)11(8)13/h9-11H,1,3-7H2,2H3/t9-,10+,11+,13+/m0/s1. The number of ether oxygens (including phenoxy) is 1. The van der Waals surface area contributed by atoms with Gasteiger partial charge in [-0.3, -0.25) is 4.79 Å². The molecule has 0 aromatic carbocycles. The van der Waals surface area contributed by atoms with Crippen LogP contribution in [0.2, 0.25) is 0 Å². The van der Waals surface area contributed by atoms with E-state index in [9.17, 15) is 4.79 Å². The van der Waals surface area contributed by atoms with Crippen LogP contribution in [0, 0.1) is 23.2 Å². The van der Waals surface area contributed by atoms with E-state index in [0.29, 0.717) is 11.8 Å². The van der Waals surface area contributed by atoms with E-state index in [1.165, 1.54) is 31.9 Å². The quantitative estimate of drug-likeness (QED) is 0.487. The van der Waals surface area contributed by atoms with Crippen molar-refractivity contribution in [3.8, 4) is 0 Å². The zero-order valence-electron chi connectivity index (χ0n) is 9.29. The van der Waals surface area contributed by atoms with Crippen LogP contribution in [0.25, 0.3) is 0 Å². The third-order valence-electron chi connectivity index (χ3n) is 5.08. The molecule has 0 unspecified atom stereocenters. The molecule has 3 saturated carbocycles. The van der Waals surface area contributed by atoms with Crippen molar-refractivity contribution in [2.45, 2.75) is 32.1 Å². The van der Waals surface area contributed by atoms with Crippen molar-refractivity contribution in [2.75, 3.05) is 7.11 Å². The number of carbonyl (C=O) groups is 1. The Morgan fingerprint density at radius 2 is 2.33 bits per heavy atom. The molecule has 2 heteroatoms. The van der Waals surface area contributed by atoms with Crippen molar-refractivity contribution in [1.29, 1.82) is 0 Å². The molecule has 0 bridgehead atoms. The zero-order chi connectivity index (χ0) is 10.6. The van der Waals surface area contributed by atoms with Crippen LogP contribution in [0.1, 0.15) is 32.1 Å². The SMILES string of the molecule is C=C1CC[C@@]2(C(=O)OC)[C@@H]3CCC[C@@H]3[C@@H]12. The third-order valence-corrected chi connectivity index (χ3v) is 5.08. The van der Waals surface area contributed by atoms with Gasteiger partial charge in [-0.05, 0) is 43.4 Å². The number of methoxy groups -OCH3 is 1. The third kappa shape index (κ3) is 0.889. The summed E-state index contributed by atoms with van der Waals surface area (Å²) < 4.78 is 5.04. The predicted molar refractivity (Wildman–Crippen MR) is 57.1 cm³/mol. The molecule has 82 valence electrons. The van der Waals surface area contributed by atoms with E-state index in [2.05, 4.69) is 6.58 Å². The van der Waals surface area contributed by atoms with Crippen molar-refractivity contribution in [3.63, 3.8) is 0 Å². The number of fused-ring (bicyclic) bond motifs is 4. The van der Waals surface area contributed by atoms with Crippen molar-refractivity contribution in [1.82, 2.24) is 0 Å². The maximum atomic E-state index is 12.0. The van der Waals surface area contributed by atoms with E-state index >= 15 is 0 Å². The lowest BCUT2D eigenvalue weighted by Crippen LogP contribution is -2.56. The van der Waals surface area contributed by atoms with E-state index in [4.69, 9.17) is 4.74 Å². The zero-order valence-corrected chi connectivity index (χ0v) is 9.29. The highest BCUT2D eigenvalue weighted by atomic mass is 16.5. The average Bonchev–Trinajstić information content (AvgIpc) is 2.73. The van der Waals surface area contributed by atoms with Crippen LogP contribution in [0.15, 0.2) is 12.2 Å². The summed E-state index contributed by atoms with van der Waals surface area (Å²) in [6, 6.07) is 0. The number of hydrogen-bond donors (Lipinski definition) is 0. The highest BCUT2D eigenvalue weighted by Gasteiger charge is 2.70. The van der Waals surface area contributed by atoms with Gasteiger partial charge in [0.25, 0.3) is 0 Å². The number of rotatable bonds is 1. The van der Waals surface area contributed by atoms with Gasteiger partial charge >= 0.3 is 5.97 Å². The van der Waals surface area contributed by atoms with Crippen LogP contribution in [-0.4, -0.2) is 13.1 Å². The van der Waals surface area contributed by atoms with Crippen molar-refractivity contribution in [3.05, 3.63) is 12.2 Å². The smallest absolute Gasteiger partial charge is 0.312 e. The first-order chi connectivity index (χ1) is 7.21. The van der Waals surface area contributed by atoms with Crippen molar-refractivity contribution >= 4 is 5.97 Å². The van der Waals surface area contributed by atoms with Crippen LogP contribution in [0.4, 0.5) is 0 Å². The summed E-state index contributed by atoms with van der Waals surface area (Å²) in [7, 11) is 1.53. The molecule has 15 heavy (non-hydrogen) atoms. The molecule has 0 aromatic rings. The van der Waals surface area contributed by atoms with Gasteiger partial charge in [-0.25, -0.2) is 0 Å². The Hall–Kier alpha value is -0.790. The van der Waals surface area contributed by atoms with Gasteiger partial charge in [0.1, 0.15) is 0 Å². The largest absolute Gasteiger partial charge is 0.469 e. The summed E-state index contributed by atoms with van der Waals surface area (Å²) in [5, 5.41) is 0. The Balaban J connectivity index is 1.99. The Bertz CT molecular complexity index is 333. The summed E-state index contributed by atoms with van der Waals surface area (Å²) in [6.45, 7) is 4.15. The van der Waals surface area contributed by atoms with Gasteiger partial charge in [-0.15, -0.1) is 0 Å². The fraction of sp³-hybridized carbons (Fsp3) is 0.769. The second kappa shape index (κ2) is 2.87. The Morgan fingerprint density at radius 3 is 3.07 bits per heavy atom. The highest BCUT2D eigenvalue weighted by molar-refractivity contribution is 5.81. The van der Waals surface area contributed by atoms with Crippen LogP contribution in [0.5, 0.6) is 0 Å². The van der Waals surface area contributed by atoms with Crippen molar-refractivity contribution < 1.29 is 9.53 Å². The summed E-state index contributed by atoms with van der Waals surface area (Å²) in [5.41, 5.74) is 1.16. The average molecular weight is 206 g/mol. The van der Waals surface area contributed by atoms with Crippen LogP contribution >= 0.6 is 0 Å². The molecular formula is C13H18O2. The van der Waals surface area contributed by atoms with Gasteiger partial charge in [0.2, 0.25) is 0 Å². The second-order valence-electron chi connectivity index (χ2n) is 5.37. The molecule has 4 atom stereocenters. The number of esters is 1. The molecule has 3 aliphatic rings. The van der Waals surface area contributed by atoms with Gasteiger partial charge in [0.05, 0.1) is 12.5 Å². The molecule has 3 aliphatic carbocycles. The molecule has 0 N–H and O–H groups in total. The fourth-order valence-corrected chi connectivity index (χ4v) is 4.62. The Kier molecular flexibility index (Phi) is 1.80. The summed E-state index contributed by atoms with van der Waals surface area (Å²) in [5.74, 6) is 1.85. The summed E-state index contributed by atoms with van der Waals surface area (Å²) in [4.78, 5) is 12.0. The van der Waals surface area contributed by atoms with Gasteiger partial charge in [0.15, 0.2) is 0 Å². The molecule has 2 nitrogen and oxygen atoms in total. The van der Waals surface area contributed by atoms with E-state index < -0.39 is 0 Å². The molecule has 0 aliphatic heterocycles. The fourth-order valence-electron chi connectivity index (χ4n) is 4.62. The molecule has 0 aromatic heterocycles. The lowest BCUT2D eigenvalue weighted by atomic mass is 9.48. The molecule has 0 amide bonds. The topological polar surface area (TPSA) is 26.3 Å². The van der Waals surface area contributed by atoms with Crippen LogP contribution in [-0.2, 0) is 9.53 Å². The van der Waals surface area contributed by atoms with Crippen LogP contribution in [0.3, 0.4) is 0 Å². The molecular weight excluding hydrogens is 188 g/mol.